The number of fused-ring (bicyclic) bond motifs is 1. The number of rotatable bonds is 4. The Labute approximate surface area is 115 Å². The van der Waals surface area contributed by atoms with Gasteiger partial charge in [-0.15, -0.1) is 5.10 Å². The topological polar surface area (TPSA) is 68.2 Å². The summed E-state index contributed by atoms with van der Waals surface area (Å²) in [6, 6.07) is 12.6. The number of benzene rings is 1. The van der Waals surface area contributed by atoms with Crippen LogP contribution in [0.4, 0.5) is 10.3 Å². The molecule has 20 heavy (non-hydrogen) atoms. The Balaban J connectivity index is 1.71. The molecule has 0 fully saturated rings. The Bertz CT molecular complexity index is 710. The zero-order valence-electron chi connectivity index (χ0n) is 10.7. The molecule has 3 aromatic rings. The van der Waals surface area contributed by atoms with Crippen LogP contribution in [0.15, 0.2) is 48.7 Å². The van der Waals surface area contributed by atoms with Crippen LogP contribution in [-0.4, -0.2) is 21.1 Å². The molecule has 2 heterocycles. The number of halogens is 1. The fourth-order valence-electron chi connectivity index (χ4n) is 1.95. The third kappa shape index (κ3) is 2.60. The molecule has 5 nitrogen and oxygen atoms in total. The molecule has 1 aromatic carbocycles. The quantitative estimate of drug-likeness (QED) is 0.761. The van der Waals surface area contributed by atoms with Crippen molar-refractivity contribution < 1.29 is 4.39 Å². The van der Waals surface area contributed by atoms with E-state index in [1.165, 1.54) is 16.8 Å². The molecular formula is C14H14FN5. The summed E-state index contributed by atoms with van der Waals surface area (Å²) in [6.45, 7) is 0.503. The standard InChI is InChI=1S/C14H14FN5/c15-11-6-7-13-18-14(19-20(13)9-11)17-8-12(16)10-4-2-1-3-5-10/h1-7,9,12H,8,16H2,(H,17,19). The average molecular weight is 271 g/mol. The molecule has 0 saturated heterocycles. The Kier molecular flexibility index (Phi) is 3.30. The summed E-state index contributed by atoms with van der Waals surface area (Å²) in [5.41, 5.74) is 7.70. The molecule has 0 spiro atoms. The highest BCUT2D eigenvalue weighted by atomic mass is 19.1. The van der Waals surface area contributed by atoms with Gasteiger partial charge in [-0.2, -0.15) is 4.98 Å². The number of nitrogens with two attached hydrogens (primary N) is 1. The molecule has 6 heteroatoms. The molecule has 2 aromatic heterocycles. The highest BCUT2D eigenvalue weighted by molar-refractivity contribution is 5.43. The van der Waals surface area contributed by atoms with Gasteiger partial charge < -0.3 is 11.1 Å². The van der Waals surface area contributed by atoms with Crippen molar-refractivity contribution in [3.05, 3.63) is 60.0 Å². The van der Waals surface area contributed by atoms with Crippen molar-refractivity contribution in [1.82, 2.24) is 14.6 Å². The van der Waals surface area contributed by atoms with Crippen molar-refractivity contribution in [2.75, 3.05) is 11.9 Å². The molecule has 3 N–H and O–H groups in total. The van der Waals surface area contributed by atoms with E-state index in [9.17, 15) is 4.39 Å². The number of anilines is 1. The maximum Gasteiger partial charge on any atom is 0.243 e. The molecule has 0 saturated carbocycles. The van der Waals surface area contributed by atoms with E-state index in [0.717, 1.165) is 5.56 Å². The van der Waals surface area contributed by atoms with Crippen molar-refractivity contribution in [2.24, 2.45) is 5.73 Å². The summed E-state index contributed by atoms with van der Waals surface area (Å²) in [7, 11) is 0. The molecule has 0 aliphatic heterocycles. The molecule has 102 valence electrons. The zero-order valence-corrected chi connectivity index (χ0v) is 10.7. The third-order valence-electron chi connectivity index (χ3n) is 3.00. The highest BCUT2D eigenvalue weighted by Gasteiger charge is 2.08. The van der Waals surface area contributed by atoms with Crippen molar-refractivity contribution >= 4 is 11.6 Å². The predicted molar refractivity (Wildman–Crippen MR) is 74.8 cm³/mol. The summed E-state index contributed by atoms with van der Waals surface area (Å²) in [5, 5.41) is 7.20. The van der Waals surface area contributed by atoms with Crippen LogP contribution >= 0.6 is 0 Å². The first-order chi connectivity index (χ1) is 9.72. The lowest BCUT2D eigenvalue weighted by molar-refractivity contribution is 0.614. The number of nitrogens with one attached hydrogen (secondary N) is 1. The number of nitrogens with zero attached hydrogens (tertiary/aromatic N) is 3. The van der Waals surface area contributed by atoms with E-state index in [-0.39, 0.29) is 11.9 Å². The Morgan fingerprint density at radius 3 is 2.80 bits per heavy atom. The second-order valence-electron chi connectivity index (χ2n) is 4.48. The summed E-state index contributed by atoms with van der Waals surface area (Å²) in [4.78, 5) is 4.24. The lowest BCUT2D eigenvalue weighted by Crippen LogP contribution is -2.21. The van der Waals surface area contributed by atoms with Gasteiger partial charge in [0.1, 0.15) is 5.82 Å². The van der Waals surface area contributed by atoms with Crippen LogP contribution in [0.2, 0.25) is 0 Å². The largest absolute Gasteiger partial charge is 0.351 e. The van der Waals surface area contributed by atoms with Gasteiger partial charge in [-0.1, -0.05) is 30.3 Å². The van der Waals surface area contributed by atoms with E-state index >= 15 is 0 Å². The van der Waals surface area contributed by atoms with Crippen molar-refractivity contribution in [1.29, 1.82) is 0 Å². The van der Waals surface area contributed by atoms with Gasteiger partial charge in [-0.05, 0) is 17.7 Å². The summed E-state index contributed by atoms with van der Waals surface area (Å²) in [6.07, 6.45) is 1.28. The Morgan fingerprint density at radius 2 is 2.00 bits per heavy atom. The van der Waals surface area contributed by atoms with Gasteiger partial charge in [0.05, 0.1) is 6.20 Å². The SMILES string of the molecule is NC(CNc1nc2ccc(F)cn2n1)c1ccccc1. The minimum absolute atomic E-state index is 0.153. The van der Waals surface area contributed by atoms with Gasteiger partial charge in [0, 0.05) is 12.6 Å². The van der Waals surface area contributed by atoms with Crippen LogP contribution in [0.25, 0.3) is 5.65 Å². The van der Waals surface area contributed by atoms with E-state index in [1.807, 2.05) is 30.3 Å². The first-order valence-electron chi connectivity index (χ1n) is 6.29. The van der Waals surface area contributed by atoms with Gasteiger partial charge in [0.15, 0.2) is 5.65 Å². The van der Waals surface area contributed by atoms with Crippen LogP contribution < -0.4 is 11.1 Å². The second-order valence-corrected chi connectivity index (χ2v) is 4.48. The van der Waals surface area contributed by atoms with Crippen LogP contribution in [0.3, 0.4) is 0 Å². The van der Waals surface area contributed by atoms with Crippen molar-refractivity contribution in [3.8, 4) is 0 Å². The van der Waals surface area contributed by atoms with E-state index < -0.39 is 0 Å². The highest BCUT2D eigenvalue weighted by Crippen LogP contribution is 2.11. The van der Waals surface area contributed by atoms with Crippen LogP contribution in [0.1, 0.15) is 11.6 Å². The van der Waals surface area contributed by atoms with E-state index in [4.69, 9.17) is 5.73 Å². The fraction of sp³-hybridized carbons (Fsp3) is 0.143. The third-order valence-corrected chi connectivity index (χ3v) is 3.00. The number of aromatic nitrogens is 3. The lowest BCUT2D eigenvalue weighted by Gasteiger charge is -2.11. The van der Waals surface area contributed by atoms with Gasteiger partial charge >= 0.3 is 0 Å². The van der Waals surface area contributed by atoms with Gasteiger partial charge in [0.2, 0.25) is 5.95 Å². The predicted octanol–water partition coefficient (Wildman–Crippen LogP) is 1.98. The van der Waals surface area contributed by atoms with E-state index in [2.05, 4.69) is 15.4 Å². The molecule has 3 rings (SSSR count). The van der Waals surface area contributed by atoms with Crippen LogP contribution in [0.5, 0.6) is 0 Å². The second kappa shape index (κ2) is 5.26. The summed E-state index contributed by atoms with van der Waals surface area (Å²) >= 11 is 0. The minimum Gasteiger partial charge on any atom is -0.351 e. The number of pyridine rings is 1. The molecule has 0 bridgehead atoms. The lowest BCUT2D eigenvalue weighted by atomic mass is 10.1. The van der Waals surface area contributed by atoms with Gasteiger partial charge in [-0.25, -0.2) is 8.91 Å². The number of hydrogen-bond acceptors (Lipinski definition) is 4. The van der Waals surface area contributed by atoms with Crippen molar-refractivity contribution in [3.63, 3.8) is 0 Å². The van der Waals surface area contributed by atoms with Gasteiger partial charge in [0.25, 0.3) is 0 Å². The monoisotopic (exact) mass is 271 g/mol. The van der Waals surface area contributed by atoms with Crippen LogP contribution in [0, 0.1) is 5.82 Å². The van der Waals surface area contributed by atoms with Crippen molar-refractivity contribution in [2.45, 2.75) is 6.04 Å². The molecular weight excluding hydrogens is 257 g/mol. The molecule has 0 amide bonds. The summed E-state index contributed by atoms with van der Waals surface area (Å²) in [5.74, 6) is 0.0805. The Hall–Kier alpha value is -2.47. The first kappa shape index (κ1) is 12.6. The average Bonchev–Trinajstić information content (AvgIpc) is 2.87. The molecule has 1 atom stereocenters. The fourth-order valence-corrected chi connectivity index (χ4v) is 1.95. The smallest absolute Gasteiger partial charge is 0.243 e. The van der Waals surface area contributed by atoms with Gasteiger partial charge in [-0.3, -0.25) is 0 Å². The minimum atomic E-state index is -0.352. The summed E-state index contributed by atoms with van der Waals surface area (Å²) < 4.78 is 14.4. The maximum absolute atomic E-state index is 13.1. The molecule has 0 radical (unpaired) electrons. The zero-order chi connectivity index (χ0) is 13.9. The molecule has 0 aliphatic rings. The maximum atomic E-state index is 13.1. The van der Waals surface area contributed by atoms with E-state index in [0.29, 0.717) is 18.1 Å². The number of hydrogen-bond donors (Lipinski definition) is 2. The van der Waals surface area contributed by atoms with E-state index in [1.54, 1.807) is 6.07 Å². The first-order valence-corrected chi connectivity index (χ1v) is 6.29. The van der Waals surface area contributed by atoms with Crippen LogP contribution in [-0.2, 0) is 0 Å². The molecule has 0 aliphatic carbocycles. The Morgan fingerprint density at radius 1 is 1.20 bits per heavy atom. The normalized spacial score (nSPS) is 12.5. The molecule has 1 unspecified atom stereocenters.